The van der Waals surface area contributed by atoms with E-state index in [1.165, 1.54) is 13.8 Å². The van der Waals surface area contributed by atoms with E-state index in [2.05, 4.69) is 5.32 Å². The van der Waals surface area contributed by atoms with Gasteiger partial charge in [-0.05, 0) is 5.56 Å². The number of alkyl carbamates (subject to hydrolysis) is 1. The summed E-state index contributed by atoms with van der Waals surface area (Å²) in [6, 6.07) is 8.33. The van der Waals surface area contributed by atoms with Crippen LogP contribution >= 0.6 is 0 Å². The van der Waals surface area contributed by atoms with Crippen molar-refractivity contribution in [2.75, 3.05) is 6.61 Å². The fraction of sp³-hybridized carbons (Fsp3) is 0.500. The minimum Gasteiger partial charge on any atom is -0.463 e. The van der Waals surface area contributed by atoms with Gasteiger partial charge in [0.05, 0.1) is 6.04 Å². The Kier molecular flexibility index (Phi) is 7.56. The van der Waals surface area contributed by atoms with Gasteiger partial charge < -0.3 is 29.4 Å². The number of amides is 1. The van der Waals surface area contributed by atoms with Gasteiger partial charge in [0, 0.05) is 20.3 Å². The van der Waals surface area contributed by atoms with E-state index < -0.39 is 42.6 Å². The van der Waals surface area contributed by atoms with Crippen molar-refractivity contribution in [3.05, 3.63) is 35.9 Å². The second-order valence-corrected chi connectivity index (χ2v) is 6.05. The van der Waals surface area contributed by atoms with Crippen LogP contribution in [0, 0.1) is 0 Å². The fourth-order valence-electron chi connectivity index (χ4n) is 2.69. The number of ether oxygens (including phenoxy) is 4. The summed E-state index contributed by atoms with van der Waals surface area (Å²) in [6.45, 7) is 2.25. The van der Waals surface area contributed by atoms with Crippen molar-refractivity contribution in [2.45, 2.75) is 51.4 Å². The van der Waals surface area contributed by atoms with Crippen LogP contribution in [0.15, 0.2) is 30.3 Å². The highest BCUT2D eigenvalue weighted by Gasteiger charge is 2.42. The molecule has 4 atom stereocenters. The monoisotopic (exact) mass is 381 g/mol. The Hall–Kier alpha value is -2.65. The Morgan fingerprint density at radius 3 is 2.48 bits per heavy atom. The van der Waals surface area contributed by atoms with Gasteiger partial charge in [-0.25, -0.2) is 4.79 Å². The molecule has 0 aromatic heterocycles. The van der Waals surface area contributed by atoms with Crippen LogP contribution in [0.4, 0.5) is 4.79 Å². The Bertz CT molecular complexity index is 650. The molecule has 1 aromatic carbocycles. The highest BCUT2D eigenvalue weighted by molar-refractivity contribution is 5.69. The number of hydrogen-bond donors (Lipinski definition) is 2. The molecule has 0 radical (unpaired) electrons. The SMILES string of the molecule is CC(=O)OC[C@H]1O[C@H](O)C[C@H](NC(=O)OCc2ccccc2)[C@@H]1OC(C)=O. The summed E-state index contributed by atoms with van der Waals surface area (Å²) in [7, 11) is 0. The molecule has 27 heavy (non-hydrogen) atoms. The molecule has 0 spiro atoms. The third kappa shape index (κ3) is 6.87. The lowest BCUT2D eigenvalue weighted by molar-refractivity contribution is -0.228. The molecule has 2 N–H and O–H groups in total. The van der Waals surface area contributed by atoms with E-state index in [0.717, 1.165) is 5.56 Å². The van der Waals surface area contributed by atoms with E-state index in [9.17, 15) is 19.5 Å². The topological polar surface area (TPSA) is 120 Å². The molecule has 9 nitrogen and oxygen atoms in total. The normalized spacial score (nSPS) is 24.6. The van der Waals surface area contributed by atoms with E-state index in [4.69, 9.17) is 18.9 Å². The Labute approximate surface area is 156 Å². The van der Waals surface area contributed by atoms with Crippen LogP contribution in [0.5, 0.6) is 0 Å². The third-order valence-corrected chi connectivity index (χ3v) is 3.82. The lowest BCUT2D eigenvalue weighted by Gasteiger charge is -2.39. The fourth-order valence-corrected chi connectivity index (χ4v) is 2.69. The second kappa shape index (κ2) is 9.89. The van der Waals surface area contributed by atoms with Gasteiger partial charge in [0.15, 0.2) is 12.4 Å². The quantitative estimate of drug-likeness (QED) is 0.550. The molecule has 1 fully saturated rings. The molecular formula is C18H23NO8. The van der Waals surface area contributed by atoms with Gasteiger partial charge in [-0.3, -0.25) is 9.59 Å². The molecule has 1 aliphatic heterocycles. The summed E-state index contributed by atoms with van der Waals surface area (Å²) >= 11 is 0. The Morgan fingerprint density at radius 1 is 1.15 bits per heavy atom. The van der Waals surface area contributed by atoms with Crippen molar-refractivity contribution in [1.82, 2.24) is 5.32 Å². The molecule has 0 saturated carbocycles. The van der Waals surface area contributed by atoms with E-state index in [1.807, 2.05) is 30.3 Å². The summed E-state index contributed by atoms with van der Waals surface area (Å²) in [5.41, 5.74) is 0.809. The molecule has 1 aliphatic rings. The largest absolute Gasteiger partial charge is 0.463 e. The van der Waals surface area contributed by atoms with Crippen LogP contribution in [0.1, 0.15) is 25.8 Å². The smallest absolute Gasteiger partial charge is 0.407 e. The predicted molar refractivity (Wildman–Crippen MR) is 91.2 cm³/mol. The molecule has 1 aromatic rings. The molecule has 2 rings (SSSR count). The molecule has 0 unspecified atom stereocenters. The van der Waals surface area contributed by atoms with Gasteiger partial charge in [0.2, 0.25) is 0 Å². The number of aliphatic hydroxyl groups is 1. The number of hydrogen-bond acceptors (Lipinski definition) is 8. The highest BCUT2D eigenvalue weighted by atomic mass is 16.6. The van der Waals surface area contributed by atoms with Gasteiger partial charge in [-0.15, -0.1) is 0 Å². The average Bonchev–Trinajstić information content (AvgIpc) is 2.61. The van der Waals surface area contributed by atoms with Crippen LogP contribution in [-0.4, -0.2) is 54.3 Å². The maximum atomic E-state index is 12.1. The molecule has 148 valence electrons. The molecule has 1 heterocycles. The molecular weight excluding hydrogens is 358 g/mol. The first kappa shape index (κ1) is 20.7. The van der Waals surface area contributed by atoms with Crippen LogP contribution < -0.4 is 5.32 Å². The van der Waals surface area contributed by atoms with E-state index in [-0.39, 0.29) is 19.6 Å². The molecule has 9 heteroatoms. The summed E-state index contributed by atoms with van der Waals surface area (Å²) in [4.78, 5) is 34.6. The first-order valence-corrected chi connectivity index (χ1v) is 8.46. The standard InChI is InChI=1S/C18H23NO8/c1-11(20)24-10-15-17(26-12(2)21)14(8-16(22)27-15)19-18(23)25-9-13-6-4-3-5-7-13/h3-7,14-17,22H,8-10H2,1-2H3,(H,19,23)/t14-,15+,16-,17-/m0/s1. The van der Waals surface area contributed by atoms with Crippen molar-refractivity contribution >= 4 is 18.0 Å². The maximum absolute atomic E-state index is 12.1. The number of benzene rings is 1. The summed E-state index contributed by atoms with van der Waals surface area (Å²) < 4.78 is 20.6. The summed E-state index contributed by atoms with van der Waals surface area (Å²) in [6.07, 6.45) is -3.86. The van der Waals surface area contributed by atoms with Crippen LogP contribution in [0.25, 0.3) is 0 Å². The lowest BCUT2D eigenvalue weighted by atomic mass is 9.98. The van der Waals surface area contributed by atoms with Crippen molar-refractivity contribution in [2.24, 2.45) is 0 Å². The van der Waals surface area contributed by atoms with Crippen molar-refractivity contribution < 1.29 is 38.4 Å². The number of aliphatic hydroxyl groups excluding tert-OH is 1. The first-order chi connectivity index (χ1) is 12.8. The molecule has 0 aliphatic carbocycles. The molecule has 1 amide bonds. The third-order valence-electron chi connectivity index (χ3n) is 3.82. The van der Waals surface area contributed by atoms with Crippen molar-refractivity contribution in [3.8, 4) is 0 Å². The van der Waals surface area contributed by atoms with Gasteiger partial charge in [-0.1, -0.05) is 30.3 Å². The highest BCUT2D eigenvalue weighted by Crippen LogP contribution is 2.23. The zero-order valence-corrected chi connectivity index (χ0v) is 15.1. The number of carbonyl (C=O) groups is 3. The van der Waals surface area contributed by atoms with Gasteiger partial charge >= 0.3 is 18.0 Å². The number of esters is 2. The zero-order valence-electron chi connectivity index (χ0n) is 15.1. The Balaban J connectivity index is 2.00. The van der Waals surface area contributed by atoms with Crippen molar-refractivity contribution in [1.29, 1.82) is 0 Å². The van der Waals surface area contributed by atoms with Crippen LogP contribution in [-0.2, 0) is 35.1 Å². The average molecular weight is 381 g/mol. The summed E-state index contributed by atoms with van der Waals surface area (Å²) in [5, 5.41) is 12.5. The number of rotatable bonds is 6. The molecule has 1 saturated heterocycles. The minimum absolute atomic E-state index is 0.0189. The van der Waals surface area contributed by atoms with E-state index in [1.54, 1.807) is 0 Å². The van der Waals surface area contributed by atoms with Gasteiger partial charge in [-0.2, -0.15) is 0 Å². The van der Waals surface area contributed by atoms with Crippen LogP contribution in [0.2, 0.25) is 0 Å². The minimum atomic E-state index is -1.23. The summed E-state index contributed by atoms with van der Waals surface area (Å²) in [5.74, 6) is -1.15. The van der Waals surface area contributed by atoms with Crippen LogP contribution in [0.3, 0.4) is 0 Å². The molecule has 0 bridgehead atoms. The zero-order chi connectivity index (χ0) is 19.8. The van der Waals surface area contributed by atoms with Gasteiger partial charge in [0.1, 0.15) is 19.3 Å². The van der Waals surface area contributed by atoms with E-state index >= 15 is 0 Å². The first-order valence-electron chi connectivity index (χ1n) is 8.46. The maximum Gasteiger partial charge on any atom is 0.407 e. The second-order valence-electron chi connectivity index (χ2n) is 6.05. The van der Waals surface area contributed by atoms with Crippen molar-refractivity contribution in [3.63, 3.8) is 0 Å². The lowest BCUT2D eigenvalue weighted by Crippen LogP contribution is -2.58. The van der Waals surface area contributed by atoms with Gasteiger partial charge in [0.25, 0.3) is 0 Å². The van der Waals surface area contributed by atoms with E-state index in [0.29, 0.717) is 0 Å². The Morgan fingerprint density at radius 2 is 1.85 bits per heavy atom. The number of nitrogens with one attached hydrogen (secondary N) is 1. The number of carbonyl (C=O) groups excluding carboxylic acids is 3. The predicted octanol–water partition coefficient (Wildman–Crippen LogP) is 0.883.